The number of rotatable bonds is 5. The predicted octanol–water partition coefficient (Wildman–Crippen LogP) is 3.79. The number of hydrogen-bond acceptors (Lipinski definition) is 4. The highest BCUT2D eigenvalue weighted by Gasteiger charge is 2.25. The van der Waals surface area contributed by atoms with Crippen molar-refractivity contribution >= 4 is 22.9 Å². The maximum absolute atomic E-state index is 12.7. The number of aromatic nitrogens is 3. The summed E-state index contributed by atoms with van der Waals surface area (Å²) in [7, 11) is 0. The Balaban J connectivity index is 1.90. The zero-order valence-corrected chi connectivity index (χ0v) is 15.2. The van der Waals surface area contributed by atoms with Crippen LogP contribution in [-0.4, -0.2) is 20.5 Å². The molecule has 6 heteroatoms. The smallest absolute Gasteiger partial charge is 0.261 e. The number of aryl methyl sites for hydroxylation is 2. The van der Waals surface area contributed by atoms with E-state index < -0.39 is 0 Å². The molecule has 3 rings (SSSR count). The molecule has 3 aromatic rings. The van der Waals surface area contributed by atoms with Crippen LogP contribution < -0.4 is 5.32 Å². The fourth-order valence-corrected chi connectivity index (χ4v) is 3.81. The van der Waals surface area contributed by atoms with E-state index in [1.165, 1.54) is 10.4 Å². The highest BCUT2D eigenvalue weighted by atomic mass is 32.1. The van der Waals surface area contributed by atoms with Crippen LogP contribution in [0.2, 0.25) is 0 Å². The molecule has 0 radical (unpaired) electrons. The van der Waals surface area contributed by atoms with Crippen LogP contribution in [0, 0.1) is 12.8 Å². The Hall–Kier alpha value is -2.21. The first-order valence-corrected chi connectivity index (χ1v) is 9.02. The minimum atomic E-state index is -0.192. The SMILES string of the molecule is CCc1cc(C(=O)N[C@@H](c2nnc3ccccn23)C(C)C)sc1C. The third-order valence-corrected chi connectivity index (χ3v) is 5.29. The number of carbonyl (C=O) groups excluding carboxylic acids is 1. The Morgan fingerprint density at radius 3 is 2.79 bits per heavy atom. The van der Waals surface area contributed by atoms with E-state index in [0.717, 1.165) is 22.8 Å². The fourth-order valence-electron chi connectivity index (χ4n) is 2.80. The van der Waals surface area contributed by atoms with E-state index in [0.29, 0.717) is 0 Å². The molecule has 0 bridgehead atoms. The highest BCUT2D eigenvalue weighted by Crippen LogP contribution is 2.25. The molecule has 1 atom stereocenters. The van der Waals surface area contributed by atoms with Gasteiger partial charge in [-0.1, -0.05) is 26.8 Å². The van der Waals surface area contributed by atoms with E-state index in [4.69, 9.17) is 0 Å². The quantitative estimate of drug-likeness (QED) is 0.767. The number of nitrogens with zero attached hydrogens (tertiary/aromatic N) is 3. The average molecular weight is 342 g/mol. The summed E-state index contributed by atoms with van der Waals surface area (Å²) >= 11 is 1.55. The minimum absolute atomic E-state index is 0.0471. The number of fused-ring (bicyclic) bond motifs is 1. The van der Waals surface area contributed by atoms with Crippen LogP contribution in [0.4, 0.5) is 0 Å². The monoisotopic (exact) mass is 342 g/mol. The third kappa shape index (κ3) is 3.06. The van der Waals surface area contributed by atoms with E-state index in [-0.39, 0.29) is 17.9 Å². The van der Waals surface area contributed by atoms with E-state index in [2.05, 4.69) is 43.2 Å². The molecule has 0 saturated heterocycles. The minimum Gasteiger partial charge on any atom is -0.341 e. The lowest BCUT2D eigenvalue weighted by Crippen LogP contribution is -2.32. The van der Waals surface area contributed by atoms with Crippen molar-refractivity contribution in [1.82, 2.24) is 19.9 Å². The molecular weight excluding hydrogens is 320 g/mol. The maximum Gasteiger partial charge on any atom is 0.261 e. The first kappa shape index (κ1) is 16.6. The first-order chi connectivity index (χ1) is 11.5. The predicted molar refractivity (Wildman–Crippen MR) is 96.5 cm³/mol. The molecule has 3 aromatic heterocycles. The van der Waals surface area contributed by atoms with Gasteiger partial charge in [0, 0.05) is 11.1 Å². The van der Waals surface area contributed by atoms with Crippen molar-refractivity contribution in [2.24, 2.45) is 5.92 Å². The molecule has 24 heavy (non-hydrogen) atoms. The van der Waals surface area contributed by atoms with Crippen molar-refractivity contribution < 1.29 is 4.79 Å². The van der Waals surface area contributed by atoms with Crippen molar-refractivity contribution in [3.05, 3.63) is 51.6 Å². The fraction of sp³-hybridized carbons (Fsp3) is 0.389. The van der Waals surface area contributed by atoms with Crippen LogP contribution >= 0.6 is 11.3 Å². The number of pyridine rings is 1. The number of nitrogens with one attached hydrogen (secondary N) is 1. The van der Waals surface area contributed by atoms with Gasteiger partial charge in [0.2, 0.25) is 0 Å². The standard InChI is InChI=1S/C18H22N4OS/c1-5-13-10-14(24-12(13)4)18(23)19-16(11(2)3)17-21-20-15-8-6-7-9-22(15)17/h6-11,16H,5H2,1-4H3,(H,19,23)/t16-/m1/s1. The molecular formula is C18H22N4OS. The van der Waals surface area contributed by atoms with Crippen molar-refractivity contribution in [2.75, 3.05) is 0 Å². The molecule has 0 saturated carbocycles. The summed E-state index contributed by atoms with van der Waals surface area (Å²) in [6.07, 6.45) is 2.87. The van der Waals surface area contributed by atoms with Gasteiger partial charge >= 0.3 is 0 Å². The molecule has 0 aliphatic heterocycles. The maximum atomic E-state index is 12.7. The van der Waals surface area contributed by atoms with E-state index in [9.17, 15) is 4.79 Å². The second kappa shape index (κ2) is 6.73. The molecule has 5 nitrogen and oxygen atoms in total. The lowest BCUT2D eigenvalue weighted by molar-refractivity contribution is 0.0927. The van der Waals surface area contributed by atoms with Crippen molar-refractivity contribution in [2.45, 2.75) is 40.2 Å². The molecule has 1 N–H and O–H groups in total. The number of carbonyl (C=O) groups is 1. The normalized spacial score (nSPS) is 12.7. The van der Waals surface area contributed by atoms with Crippen LogP contribution in [-0.2, 0) is 6.42 Å². The summed E-state index contributed by atoms with van der Waals surface area (Å²) < 4.78 is 1.93. The van der Waals surface area contributed by atoms with Gasteiger partial charge in [-0.05, 0) is 43.0 Å². The number of thiophene rings is 1. The second-order valence-electron chi connectivity index (χ2n) is 6.23. The summed E-state index contributed by atoms with van der Waals surface area (Å²) in [5.74, 6) is 0.917. The number of hydrogen-bond donors (Lipinski definition) is 1. The van der Waals surface area contributed by atoms with Gasteiger partial charge in [0.1, 0.15) is 0 Å². The summed E-state index contributed by atoms with van der Waals surface area (Å²) in [5.41, 5.74) is 2.02. The Morgan fingerprint density at radius 2 is 2.12 bits per heavy atom. The zero-order valence-electron chi connectivity index (χ0n) is 14.4. The van der Waals surface area contributed by atoms with Gasteiger partial charge in [0.05, 0.1) is 10.9 Å². The average Bonchev–Trinajstić information content (AvgIpc) is 3.15. The Kier molecular flexibility index (Phi) is 4.66. The van der Waals surface area contributed by atoms with Gasteiger partial charge in [0.15, 0.2) is 11.5 Å². The summed E-state index contributed by atoms with van der Waals surface area (Å²) in [5, 5.41) is 11.6. The highest BCUT2D eigenvalue weighted by molar-refractivity contribution is 7.14. The second-order valence-corrected chi connectivity index (χ2v) is 7.48. The molecule has 1 amide bonds. The van der Waals surface area contributed by atoms with Gasteiger partial charge < -0.3 is 5.32 Å². The Morgan fingerprint density at radius 1 is 1.33 bits per heavy atom. The number of amides is 1. The summed E-state index contributed by atoms with van der Waals surface area (Å²) in [4.78, 5) is 14.7. The van der Waals surface area contributed by atoms with Crippen molar-refractivity contribution in [3.8, 4) is 0 Å². The van der Waals surface area contributed by atoms with Crippen LogP contribution in [0.15, 0.2) is 30.5 Å². The lowest BCUT2D eigenvalue weighted by atomic mass is 10.0. The van der Waals surface area contributed by atoms with Crippen molar-refractivity contribution in [3.63, 3.8) is 0 Å². The van der Waals surface area contributed by atoms with Gasteiger partial charge in [0.25, 0.3) is 5.91 Å². The van der Waals surface area contributed by atoms with E-state index in [1.54, 1.807) is 11.3 Å². The van der Waals surface area contributed by atoms with Gasteiger partial charge in [-0.3, -0.25) is 9.20 Å². The molecule has 126 valence electrons. The van der Waals surface area contributed by atoms with Crippen LogP contribution in [0.25, 0.3) is 5.65 Å². The largest absolute Gasteiger partial charge is 0.341 e. The summed E-state index contributed by atoms with van der Waals surface area (Å²) in [6, 6.07) is 7.58. The topological polar surface area (TPSA) is 59.3 Å². The molecule has 0 fully saturated rings. The van der Waals surface area contributed by atoms with Crippen LogP contribution in [0.1, 0.15) is 52.7 Å². The van der Waals surface area contributed by atoms with Gasteiger partial charge in [-0.15, -0.1) is 21.5 Å². The third-order valence-electron chi connectivity index (χ3n) is 4.20. The molecule has 3 heterocycles. The van der Waals surface area contributed by atoms with Crippen LogP contribution in [0.5, 0.6) is 0 Å². The lowest BCUT2D eigenvalue weighted by Gasteiger charge is -2.20. The molecule has 0 unspecified atom stereocenters. The molecule has 0 aromatic carbocycles. The zero-order chi connectivity index (χ0) is 17.3. The van der Waals surface area contributed by atoms with E-state index >= 15 is 0 Å². The molecule has 0 spiro atoms. The van der Waals surface area contributed by atoms with E-state index in [1.807, 2.05) is 34.9 Å². The van der Waals surface area contributed by atoms with Crippen molar-refractivity contribution in [1.29, 1.82) is 0 Å². The van der Waals surface area contributed by atoms with Crippen LogP contribution in [0.3, 0.4) is 0 Å². The Bertz CT molecular complexity index is 865. The first-order valence-electron chi connectivity index (χ1n) is 8.21. The molecule has 0 aliphatic rings. The Labute approximate surface area is 145 Å². The summed E-state index contributed by atoms with van der Waals surface area (Å²) in [6.45, 7) is 8.32. The van der Waals surface area contributed by atoms with Gasteiger partial charge in [-0.25, -0.2) is 0 Å². The van der Waals surface area contributed by atoms with Gasteiger partial charge in [-0.2, -0.15) is 0 Å². The molecule has 0 aliphatic carbocycles.